The highest BCUT2D eigenvalue weighted by atomic mass is 16.5. The largest absolute Gasteiger partial charge is 0.466 e. The Bertz CT molecular complexity index is 231. The molecular formula is C12H20O3. The molecule has 0 fully saturated rings. The second-order valence-electron chi connectivity index (χ2n) is 3.50. The van der Waals surface area contributed by atoms with Crippen LogP contribution in [-0.4, -0.2) is 18.4 Å². The molecule has 0 aromatic carbocycles. The number of esters is 1. The Morgan fingerprint density at radius 2 is 2.00 bits per heavy atom. The molecule has 0 bridgehead atoms. The van der Waals surface area contributed by atoms with E-state index < -0.39 is 0 Å². The van der Waals surface area contributed by atoms with E-state index in [2.05, 4.69) is 6.92 Å². The van der Waals surface area contributed by atoms with Gasteiger partial charge in [0.05, 0.1) is 13.0 Å². The number of ether oxygens (including phenoxy) is 1. The van der Waals surface area contributed by atoms with Crippen molar-refractivity contribution in [1.29, 1.82) is 0 Å². The molecule has 0 N–H and O–H groups in total. The van der Waals surface area contributed by atoms with Crippen molar-refractivity contribution >= 4 is 11.8 Å². The quantitative estimate of drug-likeness (QED) is 0.481. The molecule has 1 atom stereocenters. The number of rotatable bonds is 7. The Morgan fingerprint density at radius 3 is 2.53 bits per heavy atom. The first-order valence-corrected chi connectivity index (χ1v) is 5.47. The van der Waals surface area contributed by atoms with Gasteiger partial charge in [-0.2, -0.15) is 0 Å². The van der Waals surface area contributed by atoms with E-state index in [1.165, 1.54) is 0 Å². The minimum absolute atomic E-state index is 0.00324. The van der Waals surface area contributed by atoms with Crippen molar-refractivity contribution < 1.29 is 14.3 Å². The highest BCUT2D eigenvalue weighted by molar-refractivity contribution is 5.93. The molecule has 0 spiro atoms. The summed E-state index contributed by atoms with van der Waals surface area (Å²) < 4.78 is 4.77. The highest BCUT2D eigenvalue weighted by Gasteiger charge is 2.14. The molecule has 0 heterocycles. The molecule has 86 valence electrons. The summed E-state index contributed by atoms with van der Waals surface area (Å²) in [5, 5.41) is 0. The maximum Gasteiger partial charge on any atom is 0.306 e. The standard InChI is InChI=1S/C12H20O3/c1-4-6-7-8-11(13)10(3)9-12(14)15-5-2/h7-8,10H,4-6,9H2,1-3H3/b8-7+. The molecule has 3 heteroatoms. The molecule has 0 aliphatic carbocycles. The fourth-order valence-electron chi connectivity index (χ4n) is 1.10. The minimum Gasteiger partial charge on any atom is -0.466 e. The molecule has 1 unspecified atom stereocenters. The Morgan fingerprint density at radius 1 is 1.33 bits per heavy atom. The van der Waals surface area contributed by atoms with Crippen molar-refractivity contribution in [2.45, 2.75) is 40.0 Å². The van der Waals surface area contributed by atoms with Crippen molar-refractivity contribution in [1.82, 2.24) is 0 Å². The lowest BCUT2D eigenvalue weighted by Gasteiger charge is -2.06. The molecule has 0 rings (SSSR count). The first-order valence-electron chi connectivity index (χ1n) is 5.47. The predicted octanol–water partition coefficient (Wildman–Crippen LogP) is 2.50. The normalized spacial score (nSPS) is 12.7. The van der Waals surface area contributed by atoms with Crippen LogP contribution in [0.25, 0.3) is 0 Å². The van der Waals surface area contributed by atoms with E-state index in [0.29, 0.717) is 6.61 Å². The van der Waals surface area contributed by atoms with Crippen LogP contribution in [0.15, 0.2) is 12.2 Å². The summed E-state index contributed by atoms with van der Waals surface area (Å²) in [4.78, 5) is 22.6. The maximum absolute atomic E-state index is 11.5. The van der Waals surface area contributed by atoms with Crippen LogP contribution in [0.4, 0.5) is 0 Å². The monoisotopic (exact) mass is 212 g/mol. The average molecular weight is 212 g/mol. The molecule has 0 saturated carbocycles. The zero-order chi connectivity index (χ0) is 11.7. The van der Waals surface area contributed by atoms with E-state index in [1.54, 1.807) is 19.9 Å². The van der Waals surface area contributed by atoms with Crippen molar-refractivity contribution in [3.05, 3.63) is 12.2 Å². The molecule has 3 nitrogen and oxygen atoms in total. The lowest BCUT2D eigenvalue weighted by molar-refractivity contribution is -0.145. The van der Waals surface area contributed by atoms with Crippen molar-refractivity contribution in [3.63, 3.8) is 0 Å². The van der Waals surface area contributed by atoms with Crippen LogP contribution in [0.3, 0.4) is 0 Å². The number of hydrogen-bond donors (Lipinski definition) is 0. The summed E-state index contributed by atoms with van der Waals surface area (Å²) in [5.74, 6) is -0.587. The SMILES string of the molecule is CCC/C=C/C(=O)C(C)CC(=O)OCC. The third-order valence-corrected chi connectivity index (χ3v) is 2.00. The van der Waals surface area contributed by atoms with Gasteiger partial charge in [0, 0.05) is 5.92 Å². The van der Waals surface area contributed by atoms with Crippen LogP contribution < -0.4 is 0 Å². The third-order valence-electron chi connectivity index (χ3n) is 2.00. The van der Waals surface area contributed by atoms with Crippen molar-refractivity contribution in [3.8, 4) is 0 Å². The smallest absolute Gasteiger partial charge is 0.306 e. The summed E-state index contributed by atoms with van der Waals surface area (Å²) in [6.07, 6.45) is 5.51. The van der Waals surface area contributed by atoms with Gasteiger partial charge in [0.2, 0.25) is 0 Å². The summed E-state index contributed by atoms with van der Waals surface area (Å²) in [6.45, 7) is 5.92. The van der Waals surface area contributed by atoms with Gasteiger partial charge < -0.3 is 4.74 Å². The van der Waals surface area contributed by atoms with E-state index in [1.807, 2.05) is 6.08 Å². The van der Waals surface area contributed by atoms with E-state index in [4.69, 9.17) is 4.74 Å². The Kier molecular flexibility index (Phi) is 7.60. The first kappa shape index (κ1) is 13.9. The van der Waals surface area contributed by atoms with Crippen molar-refractivity contribution in [2.75, 3.05) is 6.61 Å². The second-order valence-corrected chi connectivity index (χ2v) is 3.50. The third kappa shape index (κ3) is 6.89. The van der Waals surface area contributed by atoms with Gasteiger partial charge in [0.25, 0.3) is 0 Å². The average Bonchev–Trinajstić information content (AvgIpc) is 2.18. The van der Waals surface area contributed by atoms with E-state index in [0.717, 1.165) is 12.8 Å². The number of carbonyl (C=O) groups is 2. The molecule has 0 aromatic rings. The van der Waals surface area contributed by atoms with Gasteiger partial charge in [-0.15, -0.1) is 0 Å². The van der Waals surface area contributed by atoms with Crippen LogP contribution in [0.1, 0.15) is 40.0 Å². The molecule has 0 amide bonds. The molecular weight excluding hydrogens is 192 g/mol. The second kappa shape index (κ2) is 8.21. The van der Waals surface area contributed by atoms with Gasteiger partial charge in [0.1, 0.15) is 0 Å². The molecule has 0 saturated heterocycles. The lowest BCUT2D eigenvalue weighted by Crippen LogP contribution is -2.15. The van der Waals surface area contributed by atoms with Gasteiger partial charge >= 0.3 is 5.97 Å². The summed E-state index contributed by atoms with van der Waals surface area (Å²) in [5.41, 5.74) is 0. The fraction of sp³-hybridized carbons (Fsp3) is 0.667. The zero-order valence-electron chi connectivity index (χ0n) is 9.79. The van der Waals surface area contributed by atoms with Gasteiger partial charge in [-0.05, 0) is 19.4 Å². The van der Waals surface area contributed by atoms with Gasteiger partial charge in [-0.3, -0.25) is 9.59 Å². The minimum atomic E-state index is -0.303. The number of unbranched alkanes of at least 4 members (excludes halogenated alkanes) is 1. The summed E-state index contributed by atoms with van der Waals surface area (Å²) in [6, 6.07) is 0. The topological polar surface area (TPSA) is 43.4 Å². The Labute approximate surface area is 91.5 Å². The Hall–Kier alpha value is -1.12. The van der Waals surface area contributed by atoms with Crippen LogP contribution in [-0.2, 0) is 14.3 Å². The van der Waals surface area contributed by atoms with Crippen LogP contribution in [0.5, 0.6) is 0 Å². The molecule has 15 heavy (non-hydrogen) atoms. The number of ketones is 1. The van der Waals surface area contributed by atoms with Crippen LogP contribution >= 0.6 is 0 Å². The summed E-state index contributed by atoms with van der Waals surface area (Å²) >= 11 is 0. The fourth-order valence-corrected chi connectivity index (χ4v) is 1.10. The van der Waals surface area contributed by atoms with E-state index >= 15 is 0 Å². The van der Waals surface area contributed by atoms with E-state index in [9.17, 15) is 9.59 Å². The number of hydrogen-bond acceptors (Lipinski definition) is 3. The van der Waals surface area contributed by atoms with Crippen LogP contribution in [0, 0.1) is 5.92 Å². The molecule has 0 aliphatic rings. The Balaban J connectivity index is 3.93. The van der Waals surface area contributed by atoms with Crippen LogP contribution in [0.2, 0.25) is 0 Å². The molecule has 0 aliphatic heterocycles. The zero-order valence-corrected chi connectivity index (χ0v) is 9.79. The van der Waals surface area contributed by atoms with Gasteiger partial charge in [0.15, 0.2) is 5.78 Å². The first-order chi connectivity index (χ1) is 7.11. The highest BCUT2D eigenvalue weighted by Crippen LogP contribution is 2.06. The van der Waals surface area contributed by atoms with Gasteiger partial charge in [-0.25, -0.2) is 0 Å². The number of carbonyl (C=O) groups excluding carboxylic acids is 2. The predicted molar refractivity (Wildman–Crippen MR) is 59.5 cm³/mol. The molecule has 0 radical (unpaired) electrons. The maximum atomic E-state index is 11.5. The lowest BCUT2D eigenvalue weighted by atomic mass is 10.0. The number of allylic oxidation sites excluding steroid dienone is 2. The van der Waals surface area contributed by atoms with Gasteiger partial charge in [-0.1, -0.05) is 26.3 Å². The summed E-state index contributed by atoms with van der Waals surface area (Å²) in [7, 11) is 0. The van der Waals surface area contributed by atoms with Crippen molar-refractivity contribution in [2.24, 2.45) is 5.92 Å². The van der Waals surface area contributed by atoms with E-state index in [-0.39, 0.29) is 24.1 Å². The molecule has 0 aromatic heterocycles.